The summed E-state index contributed by atoms with van der Waals surface area (Å²) in [6, 6.07) is 7.88. The van der Waals surface area contributed by atoms with Crippen molar-refractivity contribution < 1.29 is 0 Å². The van der Waals surface area contributed by atoms with Crippen molar-refractivity contribution in [1.29, 1.82) is 0 Å². The van der Waals surface area contributed by atoms with E-state index in [0.29, 0.717) is 5.56 Å². The minimum Gasteiger partial charge on any atom is -0.302 e. The first kappa shape index (κ1) is 9.84. The molecule has 0 bridgehead atoms. The number of benzene rings is 1. The van der Waals surface area contributed by atoms with Crippen LogP contribution in [0, 0.1) is 6.92 Å². The maximum atomic E-state index is 11.6. The smallest absolute Gasteiger partial charge is 0.271 e. The molecule has 0 aliphatic carbocycles. The van der Waals surface area contributed by atoms with E-state index in [1.807, 2.05) is 37.3 Å². The molecule has 2 aromatic rings. The van der Waals surface area contributed by atoms with Gasteiger partial charge in [-0.3, -0.25) is 14.9 Å². The zero-order chi connectivity index (χ0) is 11.8. The third-order valence-corrected chi connectivity index (χ3v) is 2.87. The number of hydrogen-bond donors (Lipinski definition) is 2. The minimum atomic E-state index is -0.104. The van der Waals surface area contributed by atoms with E-state index in [1.54, 1.807) is 6.21 Å². The average molecular weight is 225 g/mol. The van der Waals surface area contributed by atoms with Crippen molar-refractivity contribution in [2.75, 3.05) is 0 Å². The summed E-state index contributed by atoms with van der Waals surface area (Å²) < 4.78 is 0. The molecule has 1 aromatic heterocycles. The van der Waals surface area contributed by atoms with Gasteiger partial charge in [0, 0.05) is 23.0 Å². The molecule has 4 heteroatoms. The molecule has 0 saturated heterocycles. The summed E-state index contributed by atoms with van der Waals surface area (Å²) in [4.78, 5) is 15.9. The van der Waals surface area contributed by atoms with Crippen molar-refractivity contribution in [3.05, 3.63) is 51.4 Å². The van der Waals surface area contributed by atoms with Gasteiger partial charge in [0.1, 0.15) is 0 Å². The molecule has 0 fully saturated rings. The van der Waals surface area contributed by atoms with Gasteiger partial charge in [-0.05, 0) is 19.1 Å². The van der Waals surface area contributed by atoms with Gasteiger partial charge in [-0.25, -0.2) is 0 Å². The van der Waals surface area contributed by atoms with E-state index in [9.17, 15) is 4.79 Å². The SMILES string of the molecule is Cc1[nH][nH]c(=O)c1/C=C1\C=Nc2ccccc21. The van der Waals surface area contributed by atoms with Crippen LogP contribution in [0.1, 0.15) is 16.8 Å². The maximum absolute atomic E-state index is 11.6. The molecule has 0 amide bonds. The zero-order valence-corrected chi connectivity index (χ0v) is 9.32. The van der Waals surface area contributed by atoms with Crippen molar-refractivity contribution in [2.24, 2.45) is 4.99 Å². The van der Waals surface area contributed by atoms with Crippen LogP contribution >= 0.6 is 0 Å². The molecule has 3 rings (SSSR count). The fourth-order valence-corrected chi connectivity index (χ4v) is 1.94. The van der Waals surface area contributed by atoms with Crippen LogP contribution in [-0.2, 0) is 0 Å². The highest BCUT2D eigenvalue weighted by Crippen LogP contribution is 2.31. The Morgan fingerprint density at radius 2 is 2.06 bits per heavy atom. The Hall–Kier alpha value is -2.36. The summed E-state index contributed by atoms with van der Waals surface area (Å²) in [5.74, 6) is 0. The van der Waals surface area contributed by atoms with Crippen molar-refractivity contribution in [1.82, 2.24) is 10.2 Å². The summed E-state index contributed by atoms with van der Waals surface area (Å²) >= 11 is 0. The van der Waals surface area contributed by atoms with Gasteiger partial charge in [0.25, 0.3) is 5.56 Å². The number of rotatable bonds is 1. The Morgan fingerprint density at radius 3 is 2.82 bits per heavy atom. The first-order chi connectivity index (χ1) is 8.25. The number of aromatic nitrogens is 2. The fourth-order valence-electron chi connectivity index (χ4n) is 1.94. The number of aryl methyl sites for hydroxylation is 1. The predicted molar refractivity (Wildman–Crippen MR) is 68.6 cm³/mol. The van der Waals surface area contributed by atoms with Crippen molar-refractivity contribution in [2.45, 2.75) is 6.92 Å². The van der Waals surface area contributed by atoms with Crippen LogP contribution in [0.3, 0.4) is 0 Å². The van der Waals surface area contributed by atoms with Gasteiger partial charge in [0.05, 0.1) is 11.3 Å². The van der Waals surface area contributed by atoms with Crippen molar-refractivity contribution in [3.63, 3.8) is 0 Å². The Bertz CT molecular complexity index is 689. The van der Waals surface area contributed by atoms with Crippen LogP contribution in [0.5, 0.6) is 0 Å². The van der Waals surface area contributed by atoms with Gasteiger partial charge in [0.2, 0.25) is 0 Å². The Morgan fingerprint density at radius 1 is 1.24 bits per heavy atom. The first-order valence-corrected chi connectivity index (χ1v) is 5.38. The fraction of sp³-hybridized carbons (Fsp3) is 0.0769. The normalized spacial score (nSPS) is 15.5. The van der Waals surface area contributed by atoms with Crippen LogP contribution in [0.25, 0.3) is 11.6 Å². The van der Waals surface area contributed by atoms with E-state index >= 15 is 0 Å². The molecule has 1 aliphatic heterocycles. The highest BCUT2D eigenvalue weighted by atomic mass is 16.1. The summed E-state index contributed by atoms with van der Waals surface area (Å²) in [5, 5.41) is 5.37. The molecular weight excluding hydrogens is 214 g/mol. The Kier molecular flexibility index (Phi) is 2.08. The van der Waals surface area contributed by atoms with E-state index in [2.05, 4.69) is 15.2 Å². The second kappa shape index (κ2) is 3.59. The molecule has 2 N–H and O–H groups in total. The first-order valence-electron chi connectivity index (χ1n) is 5.38. The second-order valence-corrected chi connectivity index (χ2v) is 3.99. The molecular formula is C13H11N3O. The van der Waals surface area contributed by atoms with Gasteiger partial charge in [-0.2, -0.15) is 0 Å². The van der Waals surface area contributed by atoms with Crippen LogP contribution in [0.4, 0.5) is 5.69 Å². The average Bonchev–Trinajstić information content (AvgIpc) is 2.88. The summed E-state index contributed by atoms with van der Waals surface area (Å²) in [6.45, 7) is 1.86. The van der Waals surface area contributed by atoms with E-state index < -0.39 is 0 Å². The van der Waals surface area contributed by atoms with Crippen LogP contribution in [0.15, 0.2) is 34.1 Å². The van der Waals surface area contributed by atoms with Crippen LogP contribution < -0.4 is 5.56 Å². The number of nitrogens with one attached hydrogen (secondary N) is 2. The van der Waals surface area contributed by atoms with Crippen LogP contribution in [-0.4, -0.2) is 16.4 Å². The van der Waals surface area contributed by atoms with Gasteiger partial charge >= 0.3 is 0 Å². The molecule has 1 aliphatic rings. The van der Waals surface area contributed by atoms with Crippen molar-refractivity contribution in [3.8, 4) is 0 Å². The van der Waals surface area contributed by atoms with E-state index in [-0.39, 0.29) is 5.56 Å². The molecule has 0 atom stereocenters. The van der Waals surface area contributed by atoms with Gasteiger partial charge in [-0.1, -0.05) is 18.2 Å². The van der Waals surface area contributed by atoms with E-state index in [0.717, 1.165) is 22.5 Å². The van der Waals surface area contributed by atoms with Crippen LogP contribution in [0.2, 0.25) is 0 Å². The molecule has 1 aromatic carbocycles. The maximum Gasteiger partial charge on any atom is 0.271 e. The summed E-state index contributed by atoms with van der Waals surface area (Å²) in [5.41, 5.74) is 4.36. The second-order valence-electron chi connectivity index (χ2n) is 3.99. The number of para-hydroxylation sites is 1. The molecule has 2 heterocycles. The molecule has 0 radical (unpaired) electrons. The molecule has 0 saturated carbocycles. The lowest BCUT2D eigenvalue weighted by Crippen LogP contribution is -2.02. The van der Waals surface area contributed by atoms with Gasteiger partial charge < -0.3 is 5.10 Å². The topological polar surface area (TPSA) is 61.0 Å². The highest BCUT2D eigenvalue weighted by Gasteiger charge is 2.12. The lowest BCUT2D eigenvalue weighted by atomic mass is 10.0. The third kappa shape index (κ3) is 1.54. The number of H-pyrrole nitrogens is 2. The largest absolute Gasteiger partial charge is 0.302 e. The third-order valence-electron chi connectivity index (χ3n) is 2.87. The minimum absolute atomic E-state index is 0.104. The number of nitrogens with zero attached hydrogens (tertiary/aromatic N) is 1. The zero-order valence-electron chi connectivity index (χ0n) is 9.32. The number of hydrogen-bond acceptors (Lipinski definition) is 2. The molecule has 84 valence electrons. The number of aliphatic imine (C=N–C) groups is 1. The summed E-state index contributed by atoms with van der Waals surface area (Å²) in [6.07, 6.45) is 3.65. The van der Waals surface area contributed by atoms with E-state index in [1.165, 1.54) is 0 Å². The molecule has 0 unspecified atom stereocenters. The number of fused-ring (bicyclic) bond motifs is 1. The summed E-state index contributed by atoms with van der Waals surface area (Å²) in [7, 11) is 0. The highest BCUT2D eigenvalue weighted by molar-refractivity contribution is 6.21. The van der Waals surface area contributed by atoms with Gasteiger partial charge in [0.15, 0.2) is 0 Å². The predicted octanol–water partition coefficient (Wildman–Crippen LogP) is 2.27. The molecule has 0 spiro atoms. The number of allylic oxidation sites excluding steroid dienone is 1. The molecule has 17 heavy (non-hydrogen) atoms. The molecule has 4 nitrogen and oxygen atoms in total. The lowest BCUT2D eigenvalue weighted by Gasteiger charge is -1.97. The monoisotopic (exact) mass is 225 g/mol. The van der Waals surface area contributed by atoms with Crippen molar-refractivity contribution >= 4 is 23.6 Å². The van der Waals surface area contributed by atoms with E-state index in [4.69, 9.17) is 0 Å². The quantitative estimate of drug-likeness (QED) is 0.768. The Labute approximate surface area is 97.7 Å². The standard InChI is InChI=1S/C13H11N3O/c1-8-11(13(17)16-15-8)6-9-7-14-12-5-3-2-4-10(9)12/h2-7H,1H3,(H2,15,16,17)/b9-6+. The van der Waals surface area contributed by atoms with Gasteiger partial charge in [-0.15, -0.1) is 0 Å². The lowest BCUT2D eigenvalue weighted by molar-refractivity contribution is 1.02. The Balaban J connectivity index is 2.15. The number of aromatic amines is 2.